The highest BCUT2D eigenvalue weighted by Gasteiger charge is 2.58. The Balaban J connectivity index is 1.67. The summed E-state index contributed by atoms with van der Waals surface area (Å²) in [6, 6.07) is 7.02. The molecule has 1 fully saturated rings. The molecule has 3 aromatic rings. The van der Waals surface area contributed by atoms with E-state index in [1.165, 1.54) is 6.07 Å². The molecule has 2 aromatic heterocycles. The van der Waals surface area contributed by atoms with Gasteiger partial charge >= 0.3 is 0 Å². The van der Waals surface area contributed by atoms with Crippen LogP contribution in [0.5, 0.6) is 0 Å². The van der Waals surface area contributed by atoms with Crippen molar-refractivity contribution in [2.75, 3.05) is 29.9 Å². The number of rotatable bonds is 1. The lowest BCUT2D eigenvalue weighted by Gasteiger charge is -2.48. The van der Waals surface area contributed by atoms with Crippen molar-refractivity contribution in [3.05, 3.63) is 58.7 Å². The third-order valence-electron chi connectivity index (χ3n) is 5.38. The molecule has 0 N–H and O–H groups in total. The summed E-state index contributed by atoms with van der Waals surface area (Å²) in [7, 11) is 1.77. The number of anilines is 2. The number of likely N-dealkylation sites (N-methyl/N-ethyl adjacent to an activating group) is 1. The van der Waals surface area contributed by atoms with Gasteiger partial charge in [-0.25, -0.2) is 4.39 Å². The molecule has 7 heteroatoms. The highest BCUT2D eigenvalue weighted by molar-refractivity contribution is 9.10. The summed E-state index contributed by atoms with van der Waals surface area (Å²) >= 11 is 3.26. The quantitative estimate of drug-likeness (QED) is 0.615. The fraction of sp³-hybridized carbons (Fsp3) is 0.211. The Morgan fingerprint density at radius 3 is 2.81 bits per heavy atom. The fourth-order valence-corrected chi connectivity index (χ4v) is 4.44. The van der Waals surface area contributed by atoms with Gasteiger partial charge in [0.2, 0.25) is 5.91 Å². The minimum Gasteiger partial charge on any atom is -0.367 e. The molecule has 2 aliphatic heterocycles. The molecule has 130 valence electrons. The Morgan fingerprint density at radius 1 is 1.27 bits per heavy atom. The van der Waals surface area contributed by atoms with E-state index in [1.54, 1.807) is 36.6 Å². The van der Waals surface area contributed by atoms with E-state index in [0.717, 1.165) is 22.3 Å². The summed E-state index contributed by atoms with van der Waals surface area (Å²) in [4.78, 5) is 25.4. The molecule has 0 unspecified atom stereocenters. The zero-order valence-corrected chi connectivity index (χ0v) is 15.5. The molecule has 0 radical (unpaired) electrons. The molecule has 1 aromatic carbocycles. The molecule has 4 heterocycles. The maximum Gasteiger partial charge on any atom is 0.241 e. The van der Waals surface area contributed by atoms with Crippen molar-refractivity contribution in [2.24, 2.45) is 0 Å². The second kappa shape index (κ2) is 5.23. The zero-order valence-electron chi connectivity index (χ0n) is 13.9. The number of aromatic nitrogens is 2. The molecule has 26 heavy (non-hydrogen) atoms. The summed E-state index contributed by atoms with van der Waals surface area (Å²) in [6.07, 6.45) is 5.20. The van der Waals surface area contributed by atoms with Gasteiger partial charge in [0.25, 0.3) is 0 Å². The highest BCUT2D eigenvalue weighted by Crippen LogP contribution is 2.50. The minimum atomic E-state index is -0.627. The average molecular weight is 413 g/mol. The van der Waals surface area contributed by atoms with Crippen molar-refractivity contribution >= 4 is 44.1 Å². The first kappa shape index (κ1) is 15.7. The molecule has 0 saturated carbocycles. The number of amides is 1. The Morgan fingerprint density at radius 2 is 2.08 bits per heavy atom. The number of fused-ring (bicyclic) bond motifs is 4. The van der Waals surface area contributed by atoms with Crippen LogP contribution >= 0.6 is 15.9 Å². The van der Waals surface area contributed by atoms with Gasteiger partial charge in [-0.2, -0.15) is 0 Å². The second-order valence-corrected chi connectivity index (χ2v) is 7.67. The fourth-order valence-electron chi connectivity index (χ4n) is 4.09. The van der Waals surface area contributed by atoms with Gasteiger partial charge in [0, 0.05) is 43.4 Å². The van der Waals surface area contributed by atoms with Gasteiger partial charge < -0.3 is 9.80 Å². The van der Waals surface area contributed by atoms with Gasteiger partial charge in [0.1, 0.15) is 11.2 Å². The lowest BCUT2D eigenvalue weighted by atomic mass is 9.73. The summed E-state index contributed by atoms with van der Waals surface area (Å²) in [6.45, 7) is 1.14. The van der Waals surface area contributed by atoms with Crippen molar-refractivity contribution < 1.29 is 9.18 Å². The third-order valence-corrected chi connectivity index (χ3v) is 5.98. The Kier molecular flexibility index (Phi) is 3.16. The van der Waals surface area contributed by atoms with E-state index in [0.29, 0.717) is 23.1 Å². The van der Waals surface area contributed by atoms with Crippen molar-refractivity contribution in [1.29, 1.82) is 0 Å². The van der Waals surface area contributed by atoms with Crippen LogP contribution in [0.15, 0.2) is 47.3 Å². The lowest BCUT2D eigenvalue weighted by molar-refractivity contribution is -0.123. The molecule has 1 spiro atoms. The Hall–Kier alpha value is -2.54. The molecule has 5 nitrogen and oxygen atoms in total. The van der Waals surface area contributed by atoms with E-state index in [2.05, 4.69) is 30.8 Å². The summed E-state index contributed by atoms with van der Waals surface area (Å²) < 4.78 is 14.3. The standard InChI is InChI=1S/C19H14BrFN4O/c1-24-16-8-23-15-6-14(21)13(20)5-12(15)17(16)19(18(24)26)9-25(10-19)11-3-2-4-22-7-11/h2-8H,9-10H2,1H3. The van der Waals surface area contributed by atoms with E-state index in [-0.39, 0.29) is 11.7 Å². The first-order chi connectivity index (χ1) is 12.5. The molecule has 0 atom stereocenters. The van der Waals surface area contributed by atoms with Crippen LogP contribution in [0.1, 0.15) is 5.56 Å². The Labute approximate surface area is 157 Å². The normalized spacial score (nSPS) is 17.7. The maximum absolute atomic E-state index is 13.9. The number of carbonyl (C=O) groups excluding carboxylic acids is 1. The first-order valence-corrected chi connectivity index (χ1v) is 9.02. The number of hydrogen-bond acceptors (Lipinski definition) is 4. The topological polar surface area (TPSA) is 49.3 Å². The molecule has 2 aliphatic rings. The van der Waals surface area contributed by atoms with E-state index in [4.69, 9.17) is 0 Å². The minimum absolute atomic E-state index is 0.0578. The number of carbonyl (C=O) groups is 1. The van der Waals surface area contributed by atoms with Crippen molar-refractivity contribution in [1.82, 2.24) is 9.97 Å². The molecule has 0 bridgehead atoms. The maximum atomic E-state index is 13.9. The number of pyridine rings is 2. The van der Waals surface area contributed by atoms with Crippen molar-refractivity contribution in [3.63, 3.8) is 0 Å². The predicted octanol–water partition coefficient (Wildman–Crippen LogP) is 3.27. The largest absolute Gasteiger partial charge is 0.367 e. The summed E-state index contributed by atoms with van der Waals surface area (Å²) in [5.41, 5.74) is 2.67. The molecule has 1 saturated heterocycles. The van der Waals surface area contributed by atoms with Crippen LogP contribution in [-0.4, -0.2) is 36.0 Å². The van der Waals surface area contributed by atoms with Crippen LogP contribution in [0.25, 0.3) is 10.9 Å². The monoisotopic (exact) mass is 412 g/mol. The van der Waals surface area contributed by atoms with E-state index < -0.39 is 5.41 Å². The van der Waals surface area contributed by atoms with Crippen LogP contribution in [0.3, 0.4) is 0 Å². The molecule has 5 rings (SSSR count). The van der Waals surface area contributed by atoms with Gasteiger partial charge in [-0.3, -0.25) is 14.8 Å². The van der Waals surface area contributed by atoms with Crippen LogP contribution in [0.4, 0.5) is 15.8 Å². The number of hydrogen-bond donors (Lipinski definition) is 0. The van der Waals surface area contributed by atoms with E-state index >= 15 is 0 Å². The number of nitrogens with zero attached hydrogens (tertiary/aromatic N) is 4. The van der Waals surface area contributed by atoms with Crippen molar-refractivity contribution in [3.8, 4) is 0 Å². The molecular formula is C19H14BrFN4O. The average Bonchev–Trinajstić information content (AvgIpc) is 2.84. The number of halogens is 2. The lowest BCUT2D eigenvalue weighted by Crippen LogP contribution is -2.64. The van der Waals surface area contributed by atoms with Gasteiger partial charge in [0.15, 0.2) is 0 Å². The highest BCUT2D eigenvalue weighted by atomic mass is 79.9. The van der Waals surface area contributed by atoms with Crippen molar-refractivity contribution in [2.45, 2.75) is 5.41 Å². The van der Waals surface area contributed by atoms with Gasteiger partial charge in [-0.05, 0) is 34.1 Å². The molecular weight excluding hydrogens is 399 g/mol. The van der Waals surface area contributed by atoms with E-state index in [1.807, 2.05) is 12.1 Å². The summed E-state index contributed by atoms with van der Waals surface area (Å²) in [5.74, 6) is -0.301. The molecule has 1 amide bonds. The SMILES string of the molecule is CN1C(=O)C2(CN(c3cccnc3)C2)c2c1cnc1cc(F)c(Br)cc21. The van der Waals surface area contributed by atoms with Crippen LogP contribution in [-0.2, 0) is 10.2 Å². The van der Waals surface area contributed by atoms with Gasteiger partial charge in [-0.15, -0.1) is 0 Å². The van der Waals surface area contributed by atoms with Gasteiger partial charge in [-0.1, -0.05) is 0 Å². The van der Waals surface area contributed by atoms with Crippen LogP contribution < -0.4 is 9.80 Å². The number of benzene rings is 1. The van der Waals surface area contributed by atoms with E-state index in [9.17, 15) is 9.18 Å². The zero-order chi connectivity index (χ0) is 18.1. The summed E-state index contributed by atoms with van der Waals surface area (Å²) in [5, 5.41) is 0.819. The first-order valence-electron chi connectivity index (χ1n) is 8.23. The smallest absolute Gasteiger partial charge is 0.241 e. The van der Waals surface area contributed by atoms with Gasteiger partial charge in [0.05, 0.1) is 33.8 Å². The van der Waals surface area contributed by atoms with Crippen LogP contribution in [0.2, 0.25) is 0 Å². The predicted molar refractivity (Wildman–Crippen MR) is 101 cm³/mol. The Bertz CT molecular complexity index is 1070. The third kappa shape index (κ3) is 1.92. The van der Waals surface area contributed by atoms with Crippen LogP contribution in [0, 0.1) is 5.82 Å². The molecule has 0 aliphatic carbocycles. The second-order valence-electron chi connectivity index (χ2n) is 6.82.